The topological polar surface area (TPSA) is 134 Å². The largest absolute Gasteiger partial charge is 0.472 e. The van der Waals surface area contributed by atoms with E-state index in [0.29, 0.717) is 12.8 Å². The van der Waals surface area contributed by atoms with E-state index in [1.54, 1.807) is 0 Å². The van der Waals surface area contributed by atoms with E-state index in [9.17, 15) is 19.0 Å². The van der Waals surface area contributed by atoms with Crippen molar-refractivity contribution in [1.29, 1.82) is 0 Å². The fraction of sp³-hybridized carbons (Fsp3) is 0.800. The highest BCUT2D eigenvalue weighted by atomic mass is 31.2. The number of phosphoric ester groups is 1. The van der Waals surface area contributed by atoms with Crippen molar-refractivity contribution in [3.05, 3.63) is 36.5 Å². The van der Waals surface area contributed by atoms with Crippen LogP contribution in [0, 0.1) is 0 Å². The Bertz CT molecular complexity index is 923. The third-order valence-corrected chi connectivity index (χ3v) is 9.23. The molecule has 0 spiro atoms. The molecule has 10 heteroatoms. The molecular formula is C40H74NO8P. The number of allylic oxidation sites excluding steroid dienone is 6. The summed E-state index contributed by atoms with van der Waals surface area (Å²) in [5.41, 5.74) is 5.33. The van der Waals surface area contributed by atoms with Crippen LogP contribution in [-0.2, 0) is 32.7 Å². The summed E-state index contributed by atoms with van der Waals surface area (Å²) in [6, 6.07) is 0. The minimum absolute atomic E-state index is 0.0481. The molecule has 50 heavy (non-hydrogen) atoms. The van der Waals surface area contributed by atoms with Crippen molar-refractivity contribution in [1.82, 2.24) is 0 Å². The maximum absolute atomic E-state index is 12.5. The van der Waals surface area contributed by atoms with Gasteiger partial charge in [0.25, 0.3) is 0 Å². The fourth-order valence-corrected chi connectivity index (χ4v) is 6.00. The number of hydrogen-bond donors (Lipinski definition) is 2. The van der Waals surface area contributed by atoms with Crippen molar-refractivity contribution in [3.63, 3.8) is 0 Å². The van der Waals surface area contributed by atoms with Crippen LogP contribution in [0.1, 0.15) is 174 Å². The van der Waals surface area contributed by atoms with Crippen LogP contribution in [0.5, 0.6) is 0 Å². The van der Waals surface area contributed by atoms with Crippen molar-refractivity contribution < 1.29 is 37.6 Å². The quantitative estimate of drug-likeness (QED) is 0.0277. The van der Waals surface area contributed by atoms with E-state index < -0.39 is 32.5 Å². The fourth-order valence-electron chi connectivity index (χ4n) is 5.23. The number of rotatable bonds is 37. The molecule has 0 aromatic heterocycles. The van der Waals surface area contributed by atoms with E-state index in [0.717, 1.165) is 64.2 Å². The maximum Gasteiger partial charge on any atom is 0.472 e. The molecule has 0 aliphatic rings. The monoisotopic (exact) mass is 728 g/mol. The van der Waals surface area contributed by atoms with Gasteiger partial charge < -0.3 is 20.1 Å². The highest BCUT2D eigenvalue weighted by molar-refractivity contribution is 7.47. The summed E-state index contributed by atoms with van der Waals surface area (Å²) in [5, 5.41) is 0. The number of ether oxygens (including phenoxy) is 2. The van der Waals surface area contributed by atoms with Crippen LogP contribution in [0.2, 0.25) is 0 Å². The molecule has 0 radical (unpaired) electrons. The van der Waals surface area contributed by atoms with Crippen LogP contribution >= 0.6 is 7.82 Å². The van der Waals surface area contributed by atoms with Crippen LogP contribution in [-0.4, -0.2) is 49.3 Å². The normalized spacial score (nSPS) is 13.8. The molecule has 0 saturated carbocycles. The van der Waals surface area contributed by atoms with Crippen molar-refractivity contribution in [2.24, 2.45) is 5.73 Å². The van der Waals surface area contributed by atoms with Gasteiger partial charge in [-0.15, -0.1) is 0 Å². The molecule has 2 atom stereocenters. The number of phosphoric acid groups is 1. The molecule has 3 N–H and O–H groups in total. The molecule has 9 nitrogen and oxygen atoms in total. The van der Waals surface area contributed by atoms with Crippen LogP contribution in [0.3, 0.4) is 0 Å². The van der Waals surface area contributed by atoms with Gasteiger partial charge in [0.1, 0.15) is 6.61 Å². The van der Waals surface area contributed by atoms with E-state index >= 15 is 0 Å². The number of nitrogens with two attached hydrogens (primary N) is 1. The second kappa shape index (κ2) is 37.0. The molecule has 0 rings (SSSR count). The molecule has 0 aromatic carbocycles. The van der Waals surface area contributed by atoms with Crippen molar-refractivity contribution in [2.45, 2.75) is 180 Å². The van der Waals surface area contributed by atoms with Gasteiger partial charge in [0.15, 0.2) is 6.10 Å². The zero-order valence-electron chi connectivity index (χ0n) is 31.9. The Morgan fingerprint density at radius 2 is 1.06 bits per heavy atom. The summed E-state index contributed by atoms with van der Waals surface area (Å²) in [5.74, 6) is -0.871. The van der Waals surface area contributed by atoms with Crippen molar-refractivity contribution in [2.75, 3.05) is 26.4 Å². The van der Waals surface area contributed by atoms with E-state index in [1.165, 1.54) is 70.6 Å². The highest BCUT2D eigenvalue weighted by Gasteiger charge is 2.25. The average Bonchev–Trinajstić information content (AvgIpc) is 3.10. The lowest BCUT2D eigenvalue weighted by Crippen LogP contribution is -2.29. The first-order valence-electron chi connectivity index (χ1n) is 20.0. The molecule has 292 valence electrons. The van der Waals surface area contributed by atoms with Gasteiger partial charge in [0, 0.05) is 19.4 Å². The zero-order valence-corrected chi connectivity index (χ0v) is 32.8. The average molecular weight is 728 g/mol. The number of hydrogen-bond acceptors (Lipinski definition) is 8. The maximum atomic E-state index is 12.5. The summed E-state index contributed by atoms with van der Waals surface area (Å²) < 4.78 is 32.6. The number of unbranched alkanes of at least 4 members (excludes halogenated alkanes) is 18. The van der Waals surface area contributed by atoms with Crippen LogP contribution in [0.15, 0.2) is 36.5 Å². The highest BCUT2D eigenvalue weighted by Crippen LogP contribution is 2.43. The Hall–Kier alpha value is -1.77. The zero-order chi connectivity index (χ0) is 36.8. The third kappa shape index (κ3) is 36.0. The molecular weight excluding hydrogens is 653 g/mol. The predicted molar refractivity (Wildman–Crippen MR) is 206 cm³/mol. The first-order valence-corrected chi connectivity index (χ1v) is 21.5. The summed E-state index contributed by atoms with van der Waals surface area (Å²) in [7, 11) is -4.38. The number of esters is 2. The molecule has 0 aliphatic carbocycles. The molecule has 0 fully saturated rings. The molecule has 0 aliphatic heterocycles. The van der Waals surface area contributed by atoms with Crippen LogP contribution < -0.4 is 5.73 Å². The van der Waals surface area contributed by atoms with Gasteiger partial charge in [-0.2, -0.15) is 0 Å². The summed E-state index contributed by atoms with van der Waals surface area (Å²) in [4.78, 5) is 34.7. The van der Waals surface area contributed by atoms with Gasteiger partial charge in [-0.25, -0.2) is 4.57 Å². The second-order valence-electron chi connectivity index (χ2n) is 13.1. The van der Waals surface area contributed by atoms with Crippen LogP contribution in [0.25, 0.3) is 0 Å². The molecule has 0 amide bonds. The van der Waals surface area contributed by atoms with Gasteiger partial charge in [0.2, 0.25) is 0 Å². The molecule has 0 bridgehead atoms. The standard InChI is InChI=1S/C40H74NO8P/c1-3-5-7-9-11-13-15-17-19-21-22-24-26-28-30-32-39(42)46-36-38(37-48-50(44,45)47-35-34-41)49-40(43)33-31-29-27-25-23-20-18-16-14-12-10-8-6-4-2/h10,12,16,18,22,24,38H,3-9,11,13-15,17,19-21,23,25-37,41H2,1-2H3,(H,44,45)/b12-10+,18-16+,24-22+/t38-/m1/s1. The minimum Gasteiger partial charge on any atom is -0.462 e. The van der Waals surface area contributed by atoms with Crippen molar-refractivity contribution in [3.8, 4) is 0 Å². The molecule has 0 heterocycles. The lowest BCUT2D eigenvalue weighted by atomic mass is 10.1. The Morgan fingerprint density at radius 3 is 1.64 bits per heavy atom. The third-order valence-electron chi connectivity index (χ3n) is 8.25. The number of carbonyl (C=O) groups is 2. The first-order chi connectivity index (χ1) is 24.3. The van der Waals surface area contributed by atoms with E-state index in [4.69, 9.17) is 24.3 Å². The van der Waals surface area contributed by atoms with Gasteiger partial charge in [0.05, 0.1) is 13.2 Å². The van der Waals surface area contributed by atoms with Crippen molar-refractivity contribution >= 4 is 19.8 Å². The lowest BCUT2D eigenvalue weighted by Gasteiger charge is -2.19. The van der Waals surface area contributed by atoms with E-state index in [2.05, 4.69) is 50.3 Å². The Labute approximate surface area is 305 Å². The Balaban J connectivity index is 4.25. The van der Waals surface area contributed by atoms with E-state index in [1.807, 2.05) is 0 Å². The predicted octanol–water partition coefficient (Wildman–Crippen LogP) is 11.0. The molecule has 0 saturated heterocycles. The van der Waals surface area contributed by atoms with Gasteiger partial charge in [-0.05, 0) is 64.2 Å². The summed E-state index contributed by atoms with van der Waals surface area (Å²) in [6.45, 7) is 3.64. The minimum atomic E-state index is -4.38. The van der Waals surface area contributed by atoms with E-state index in [-0.39, 0.29) is 32.6 Å². The van der Waals surface area contributed by atoms with Crippen LogP contribution in [0.4, 0.5) is 0 Å². The van der Waals surface area contributed by atoms with Gasteiger partial charge >= 0.3 is 19.8 Å². The lowest BCUT2D eigenvalue weighted by molar-refractivity contribution is -0.161. The van der Waals surface area contributed by atoms with Gasteiger partial charge in [-0.1, -0.05) is 134 Å². The Kier molecular flexibility index (Phi) is 35.7. The first kappa shape index (κ1) is 48.2. The molecule has 1 unspecified atom stereocenters. The summed E-state index contributed by atoms with van der Waals surface area (Å²) in [6.07, 6.45) is 38.9. The van der Waals surface area contributed by atoms with Gasteiger partial charge in [-0.3, -0.25) is 18.6 Å². The summed E-state index contributed by atoms with van der Waals surface area (Å²) >= 11 is 0. The SMILES string of the molecule is CCCC/C=C/C/C=C/CCCCCCCC(=O)O[C@H](COC(=O)CCCC/C=C/CCCCCCCCCCC)COP(=O)(O)OCCN. The molecule has 0 aromatic rings. The second-order valence-corrected chi connectivity index (χ2v) is 14.6. The smallest absolute Gasteiger partial charge is 0.462 e. The number of carbonyl (C=O) groups excluding carboxylic acids is 2. The Morgan fingerprint density at radius 1 is 0.600 bits per heavy atom.